The number of rotatable bonds is 5. The van der Waals surface area contributed by atoms with Crippen LogP contribution in [0.2, 0.25) is 0 Å². The number of carbonyl (C=O) groups is 2. The second kappa shape index (κ2) is 6.60. The third-order valence-corrected chi connectivity index (χ3v) is 3.35. The van der Waals surface area contributed by atoms with Crippen LogP contribution in [0, 0.1) is 0 Å². The maximum atomic E-state index is 12.0. The predicted octanol–water partition coefficient (Wildman–Crippen LogP) is -4.62. The molecule has 0 aromatic carbocycles. The van der Waals surface area contributed by atoms with Gasteiger partial charge in [-0.1, -0.05) is 0 Å². The van der Waals surface area contributed by atoms with Crippen molar-refractivity contribution in [2.45, 2.75) is 12.1 Å². The summed E-state index contributed by atoms with van der Waals surface area (Å²) in [7, 11) is -3.46. The van der Waals surface area contributed by atoms with Gasteiger partial charge in [-0.3, -0.25) is 9.35 Å². The molecule has 0 aliphatic carbocycles. The Kier molecular flexibility index (Phi) is 5.77. The van der Waals surface area contributed by atoms with E-state index in [0.717, 1.165) is 4.90 Å². The largest absolute Gasteiger partial charge is 1.00 e. The first-order valence-electron chi connectivity index (χ1n) is 5.50. The molecule has 2 atom stereocenters. The average Bonchev–Trinajstić information content (AvgIpc) is 2.57. The Hall–Kier alpha value is -0.690. The molecule has 1 fully saturated rings. The Morgan fingerprint density at radius 1 is 1.62 bits per heavy atom. The fraction of sp³-hybridized carbons (Fsp3) is 0.556. The number of carbonyl (C=O) groups excluding carboxylic acids is 2. The van der Waals surface area contributed by atoms with E-state index < -0.39 is 34.4 Å². The summed E-state index contributed by atoms with van der Waals surface area (Å²) in [6, 6.07) is -2.67. The molecule has 1 saturated heterocycles. The minimum Gasteiger partial charge on any atom is -0.380 e. The first-order chi connectivity index (χ1) is 9.24. The molecule has 2 aliphatic heterocycles. The van der Waals surface area contributed by atoms with Crippen LogP contribution >= 0.6 is 0 Å². The smallest absolute Gasteiger partial charge is 0.380 e. The molecule has 2 rings (SSSR count). The minimum absolute atomic E-state index is 0. The van der Waals surface area contributed by atoms with Gasteiger partial charge in [0.25, 0.3) is 0 Å². The monoisotopic (exact) mass is 331 g/mol. The van der Waals surface area contributed by atoms with Crippen LogP contribution < -0.4 is 35.3 Å². The minimum atomic E-state index is -4.86. The fourth-order valence-corrected chi connectivity index (χ4v) is 2.61. The van der Waals surface area contributed by atoms with Gasteiger partial charge in [-0.15, -0.1) is 4.28 Å². The summed E-state index contributed by atoms with van der Waals surface area (Å²) < 4.78 is 39.4. The van der Waals surface area contributed by atoms with Crippen molar-refractivity contribution in [3.63, 3.8) is 0 Å². The van der Waals surface area contributed by atoms with Gasteiger partial charge in [0.15, 0.2) is 0 Å². The van der Waals surface area contributed by atoms with Crippen LogP contribution in [0.3, 0.4) is 0 Å². The van der Waals surface area contributed by atoms with Gasteiger partial charge >= 0.3 is 47.4 Å². The van der Waals surface area contributed by atoms with E-state index in [0.29, 0.717) is 10.6 Å². The van der Waals surface area contributed by atoms with E-state index in [1.165, 1.54) is 13.2 Å². The number of fused-ring (bicyclic) bond motifs is 2. The van der Waals surface area contributed by atoms with Crippen LogP contribution in [0.25, 0.3) is 0 Å². The molecule has 0 aromatic heterocycles. The van der Waals surface area contributed by atoms with E-state index in [4.69, 9.17) is 15.0 Å². The molecule has 21 heavy (non-hydrogen) atoms. The number of ether oxygens (including phenoxy) is 1. The number of hydroxylamine groups is 2. The summed E-state index contributed by atoms with van der Waals surface area (Å²) >= 11 is 0. The van der Waals surface area contributed by atoms with Crippen LogP contribution in [0.4, 0.5) is 4.79 Å². The Bertz CT molecular complexity index is 584. The third-order valence-electron chi connectivity index (χ3n) is 3.00. The van der Waals surface area contributed by atoms with Gasteiger partial charge in [-0.05, 0) is 11.6 Å². The Morgan fingerprint density at radius 2 is 2.24 bits per heavy atom. The average molecular weight is 331 g/mol. The molecule has 0 unspecified atom stereocenters. The van der Waals surface area contributed by atoms with E-state index in [1.807, 2.05) is 0 Å². The molecular weight excluding hydrogens is 317 g/mol. The molecule has 3 N–H and O–H groups in total. The van der Waals surface area contributed by atoms with Crippen LogP contribution in [0.5, 0.6) is 0 Å². The third kappa shape index (κ3) is 3.74. The first kappa shape index (κ1) is 18.4. The number of amides is 3. The van der Waals surface area contributed by atoms with Crippen LogP contribution in [-0.4, -0.2) is 67.2 Å². The maximum absolute atomic E-state index is 12.0. The molecule has 112 valence electrons. The molecule has 12 heteroatoms. The molecule has 2 aliphatic rings. The van der Waals surface area contributed by atoms with E-state index >= 15 is 0 Å². The molecule has 2 bridgehead atoms. The normalized spacial score (nSPS) is 24.7. The number of nitrogens with zero attached hydrogens (tertiary/aromatic N) is 2. The van der Waals surface area contributed by atoms with E-state index in [1.54, 1.807) is 0 Å². The summed E-state index contributed by atoms with van der Waals surface area (Å²) in [6.45, 7) is 0.0675. The summed E-state index contributed by atoms with van der Waals surface area (Å²) in [6.07, 6.45) is 1.42. The molecule has 0 aromatic rings. The fourth-order valence-electron chi connectivity index (χ4n) is 2.23. The molecule has 0 radical (unpaired) electrons. The van der Waals surface area contributed by atoms with Gasteiger partial charge in [-0.2, -0.15) is 13.5 Å². The van der Waals surface area contributed by atoms with Gasteiger partial charge in [-0.25, -0.2) is 4.79 Å². The van der Waals surface area contributed by atoms with Crippen LogP contribution in [-0.2, 0) is 24.2 Å². The van der Waals surface area contributed by atoms with Crippen molar-refractivity contribution in [2.75, 3.05) is 20.3 Å². The first-order valence-corrected chi connectivity index (χ1v) is 6.87. The summed E-state index contributed by atoms with van der Waals surface area (Å²) in [5.74, 6) is -0.765. The number of hydrogen-bond donors (Lipinski definition) is 2. The molecule has 0 saturated carbocycles. The topological polar surface area (TPSA) is 139 Å². The molecule has 0 spiro atoms. The quantitative estimate of drug-likeness (QED) is 0.293. The number of urea groups is 1. The van der Waals surface area contributed by atoms with Gasteiger partial charge in [0, 0.05) is 7.11 Å². The van der Waals surface area contributed by atoms with Gasteiger partial charge in [0.05, 0.1) is 13.2 Å². The zero-order chi connectivity index (χ0) is 15.1. The number of primary amides is 1. The summed E-state index contributed by atoms with van der Waals surface area (Å²) in [5.41, 5.74) is 5.66. The Balaban J connectivity index is 0.00000220. The predicted molar refractivity (Wildman–Crippen MR) is 64.4 cm³/mol. The molecule has 3 amide bonds. The maximum Gasteiger partial charge on any atom is 1.00 e. The number of nitrogens with two attached hydrogens (primary N) is 1. The van der Waals surface area contributed by atoms with E-state index in [9.17, 15) is 18.0 Å². The van der Waals surface area contributed by atoms with Crippen molar-refractivity contribution >= 4 is 22.3 Å². The standard InChI is InChI=1S/C9H13N3O7S.Na/c1-18-4-5-2-6(8(10)13)11-3-7(5)12(9(11)14)19-20(15,16)17;/h2,6-7H,3-4H2,1H3,(H2,10,13)(H,15,16,17);/q;+1/p+1/t6-,7-;/m0./s1. The second-order valence-corrected chi connectivity index (χ2v) is 5.31. The van der Waals surface area contributed by atoms with Crippen molar-refractivity contribution < 1.29 is 62.6 Å². The Morgan fingerprint density at radius 3 is 2.71 bits per heavy atom. The van der Waals surface area contributed by atoms with E-state index in [-0.39, 0.29) is 44.1 Å². The number of hydrogen-bond acceptors (Lipinski definition) is 6. The summed E-state index contributed by atoms with van der Waals surface area (Å²) in [5, 5.41) is 0.489. The molecular formula is C9H14N3NaO7S+2. The van der Waals surface area contributed by atoms with E-state index in [2.05, 4.69) is 4.28 Å². The second-order valence-electron chi connectivity index (χ2n) is 4.30. The van der Waals surface area contributed by atoms with Gasteiger partial charge in [0.2, 0.25) is 5.91 Å². The Labute approximate surface area is 144 Å². The van der Waals surface area contributed by atoms with Crippen molar-refractivity contribution in [1.29, 1.82) is 0 Å². The zero-order valence-corrected chi connectivity index (χ0v) is 14.2. The van der Waals surface area contributed by atoms with Crippen molar-refractivity contribution in [2.24, 2.45) is 5.73 Å². The number of methoxy groups -OCH3 is 1. The van der Waals surface area contributed by atoms with Crippen molar-refractivity contribution in [3.05, 3.63) is 11.6 Å². The van der Waals surface area contributed by atoms with Crippen molar-refractivity contribution in [3.8, 4) is 0 Å². The van der Waals surface area contributed by atoms with Crippen molar-refractivity contribution in [1.82, 2.24) is 9.96 Å². The summed E-state index contributed by atoms with van der Waals surface area (Å²) in [4.78, 5) is 24.4. The zero-order valence-electron chi connectivity index (χ0n) is 12.4. The van der Waals surface area contributed by atoms with Crippen LogP contribution in [0.15, 0.2) is 11.6 Å². The SMILES string of the molecule is COCC1=C[C@@H](C(N)=O)N2C[C@@H]1N(OS(=O)(=O)O)C2=O.[H+].[Na+]. The molecule has 10 nitrogen and oxygen atoms in total. The van der Waals surface area contributed by atoms with Gasteiger partial charge in [0.1, 0.15) is 12.1 Å². The van der Waals surface area contributed by atoms with Crippen LogP contribution in [0.1, 0.15) is 1.43 Å². The molecule has 2 heterocycles. The van der Waals surface area contributed by atoms with Gasteiger partial charge < -0.3 is 15.4 Å².